The van der Waals surface area contributed by atoms with E-state index in [9.17, 15) is 9.59 Å². The molecule has 1 amide bonds. The Bertz CT molecular complexity index is 448. The fourth-order valence-electron chi connectivity index (χ4n) is 1.32. The molecule has 0 fully saturated rings. The van der Waals surface area contributed by atoms with Crippen LogP contribution in [-0.2, 0) is 14.3 Å². The molecule has 98 valence electrons. The Morgan fingerprint density at radius 1 is 1.39 bits per heavy atom. The van der Waals surface area contributed by atoms with Gasteiger partial charge in [-0.2, -0.15) is 0 Å². The van der Waals surface area contributed by atoms with E-state index in [0.29, 0.717) is 11.4 Å². The zero-order valence-corrected chi connectivity index (χ0v) is 11.7. The summed E-state index contributed by atoms with van der Waals surface area (Å²) >= 11 is 3.29. The molecule has 0 aliphatic heterocycles. The maximum absolute atomic E-state index is 11.6. The van der Waals surface area contributed by atoms with E-state index in [1.165, 1.54) is 7.11 Å². The molecule has 0 aromatic heterocycles. The van der Waals surface area contributed by atoms with Crippen LogP contribution < -0.4 is 10.1 Å². The van der Waals surface area contributed by atoms with Crippen molar-refractivity contribution in [1.82, 2.24) is 0 Å². The van der Waals surface area contributed by atoms with Gasteiger partial charge in [-0.05, 0) is 25.1 Å². The molecule has 0 aliphatic carbocycles. The summed E-state index contributed by atoms with van der Waals surface area (Å²) in [6, 6.07) is 5.20. The lowest BCUT2D eigenvalue weighted by atomic mass is 10.3. The Hall–Kier alpha value is -1.56. The Balaban J connectivity index is 2.69. The van der Waals surface area contributed by atoms with Crippen molar-refractivity contribution in [2.75, 3.05) is 19.0 Å². The molecule has 0 atom stereocenters. The van der Waals surface area contributed by atoms with Gasteiger partial charge in [0.05, 0.1) is 19.4 Å². The lowest BCUT2D eigenvalue weighted by Gasteiger charge is -2.10. The van der Waals surface area contributed by atoms with Crippen LogP contribution >= 0.6 is 15.9 Å². The van der Waals surface area contributed by atoms with Crippen molar-refractivity contribution in [3.63, 3.8) is 0 Å². The van der Waals surface area contributed by atoms with E-state index in [2.05, 4.69) is 21.2 Å². The topological polar surface area (TPSA) is 64.6 Å². The quantitative estimate of drug-likeness (QED) is 0.669. The zero-order valence-electron chi connectivity index (χ0n) is 10.2. The molecule has 0 saturated heterocycles. The van der Waals surface area contributed by atoms with Crippen LogP contribution in [0.4, 0.5) is 5.69 Å². The minimum Gasteiger partial charge on any atom is -0.495 e. The largest absolute Gasteiger partial charge is 0.495 e. The minimum absolute atomic E-state index is 0.256. The molecule has 0 spiro atoms. The van der Waals surface area contributed by atoms with E-state index in [1.807, 2.05) is 0 Å². The Morgan fingerprint density at radius 2 is 2.11 bits per heavy atom. The van der Waals surface area contributed by atoms with Gasteiger partial charge in [-0.1, -0.05) is 15.9 Å². The van der Waals surface area contributed by atoms with Crippen LogP contribution in [0.15, 0.2) is 22.7 Å². The van der Waals surface area contributed by atoms with Crippen molar-refractivity contribution in [1.29, 1.82) is 0 Å². The summed E-state index contributed by atoms with van der Waals surface area (Å²) < 4.78 is 10.6. The highest BCUT2D eigenvalue weighted by Gasteiger charge is 2.12. The van der Waals surface area contributed by atoms with Crippen molar-refractivity contribution < 1.29 is 19.1 Å². The summed E-state index contributed by atoms with van der Waals surface area (Å²) in [5.41, 5.74) is 0.501. The number of nitrogens with one attached hydrogen (secondary N) is 1. The first-order valence-electron chi connectivity index (χ1n) is 5.35. The van der Waals surface area contributed by atoms with Crippen LogP contribution in [-0.4, -0.2) is 25.6 Å². The van der Waals surface area contributed by atoms with Crippen molar-refractivity contribution >= 4 is 33.5 Å². The lowest BCUT2D eigenvalue weighted by molar-refractivity contribution is -0.145. The maximum atomic E-state index is 11.6. The molecule has 18 heavy (non-hydrogen) atoms. The van der Waals surface area contributed by atoms with Gasteiger partial charge in [0.25, 0.3) is 0 Å². The summed E-state index contributed by atoms with van der Waals surface area (Å²) in [5, 5.41) is 2.60. The first-order valence-corrected chi connectivity index (χ1v) is 6.15. The number of carbonyl (C=O) groups is 2. The molecule has 1 aromatic rings. The third kappa shape index (κ3) is 4.37. The summed E-state index contributed by atoms with van der Waals surface area (Å²) in [6.07, 6.45) is -0.316. The summed E-state index contributed by atoms with van der Waals surface area (Å²) in [5.74, 6) is -0.468. The number of ether oxygens (including phenoxy) is 2. The number of rotatable bonds is 5. The third-order valence-electron chi connectivity index (χ3n) is 2.05. The zero-order chi connectivity index (χ0) is 13.5. The number of benzene rings is 1. The van der Waals surface area contributed by atoms with E-state index in [0.717, 1.165) is 4.47 Å². The first kappa shape index (κ1) is 14.5. The SMILES string of the molecule is CCOC(=O)CC(=O)Nc1cc(Br)ccc1OC. The average Bonchev–Trinajstić information content (AvgIpc) is 2.29. The van der Waals surface area contributed by atoms with Crippen LogP contribution in [0.1, 0.15) is 13.3 Å². The predicted molar refractivity (Wildman–Crippen MR) is 70.6 cm³/mol. The second-order valence-electron chi connectivity index (χ2n) is 3.37. The van der Waals surface area contributed by atoms with Crippen LogP contribution in [0.25, 0.3) is 0 Å². The van der Waals surface area contributed by atoms with E-state index in [1.54, 1.807) is 25.1 Å². The molecule has 0 aliphatic rings. The monoisotopic (exact) mass is 315 g/mol. The van der Waals surface area contributed by atoms with Crippen molar-refractivity contribution in [3.8, 4) is 5.75 Å². The first-order chi connectivity index (χ1) is 8.56. The highest BCUT2D eigenvalue weighted by Crippen LogP contribution is 2.27. The molecular weight excluding hydrogens is 302 g/mol. The van der Waals surface area contributed by atoms with Crippen molar-refractivity contribution in [2.24, 2.45) is 0 Å². The molecule has 6 heteroatoms. The number of carbonyl (C=O) groups excluding carboxylic acids is 2. The molecule has 1 N–H and O–H groups in total. The highest BCUT2D eigenvalue weighted by atomic mass is 79.9. The molecule has 0 bridgehead atoms. The Morgan fingerprint density at radius 3 is 2.72 bits per heavy atom. The van der Waals surface area contributed by atoms with Crippen LogP contribution in [0.3, 0.4) is 0 Å². The number of methoxy groups -OCH3 is 1. The lowest BCUT2D eigenvalue weighted by Crippen LogP contribution is -2.18. The van der Waals surface area contributed by atoms with Gasteiger partial charge in [0.2, 0.25) is 5.91 Å². The predicted octanol–water partition coefficient (Wildman–Crippen LogP) is 2.35. The third-order valence-corrected chi connectivity index (χ3v) is 2.54. The maximum Gasteiger partial charge on any atom is 0.315 e. The van der Waals surface area contributed by atoms with E-state index in [-0.39, 0.29) is 13.0 Å². The Kier molecular flexibility index (Phi) is 5.64. The second-order valence-corrected chi connectivity index (χ2v) is 4.29. The summed E-state index contributed by atoms with van der Waals surface area (Å²) in [7, 11) is 1.50. The Labute approximate surface area is 114 Å². The molecule has 0 unspecified atom stereocenters. The minimum atomic E-state index is -0.552. The van der Waals surface area contributed by atoms with E-state index in [4.69, 9.17) is 9.47 Å². The normalized spacial score (nSPS) is 9.72. The van der Waals surface area contributed by atoms with Gasteiger partial charge in [0, 0.05) is 4.47 Å². The average molecular weight is 316 g/mol. The molecule has 5 nitrogen and oxygen atoms in total. The van der Waals surface area contributed by atoms with Gasteiger partial charge < -0.3 is 14.8 Å². The van der Waals surface area contributed by atoms with Crippen molar-refractivity contribution in [3.05, 3.63) is 22.7 Å². The van der Waals surface area contributed by atoms with Gasteiger partial charge in [-0.3, -0.25) is 9.59 Å². The van der Waals surface area contributed by atoms with Crippen molar-refractivity contribution in [2.45, 2.75) is 13.3 Å². The number of hydrogen-bond donors (Lipinski definition) is 1. The van der Waals surface area contributed by atoms with Gasteiger partial charge in [0.15, 0.2) is 0 Å². The fourth-order valence-corrected chi connectivity index (χ4v) is 1.68. The number of hydrogen-bond acceptors (Lipinski definition) is 4. The number of anilines is 1. The molecule has 0 radical (unpaired) electrons. The number of halogens is 1. The summed E-state index contributed by atoms with van der Waals surface area (Å²) in [6.45, 7) is 1.94. The highest BCUT2D eigenvalue weighted by molar-refractivity contribution is 9.10. The summed E-state index contributed by atoms with van der Waals surface area (Å²) in [4.78, 5) is 22.7. The smallest absolute Gasteiger partial charge is 0.315 e. The van der Waals surface area contributed by atoms with Gasteiger partial charge in [-0.15, -0.1) is 0 Å². The molecule has 1 aromatic carbocycles. The standard InChI is InChI=1S/C12H14BrNO4/c1-3-18-12(16)7-11(15)14-9-6-8(13)4-5-10(9)17-2/h4-6H,3,7H2,1-2H3,(H,14,15). The van der Waals surface area contributed by atoms with E-state index >= 15 is 0 Å². The second kappa shape index (κ2) is 7.00. The van der Waals surface area contributed by atoms with Gasteiger partial charge in [-0.25, -0.2) is 0 Å². The molecule has 1 rings (SSSR count). The van der Waals surface area contributed by atoms with Gasteiger partial charge in [0.1, 0.15) is 12.2 Å². The molecule has 0 heterocycles. The number of esters is 1. The molecular formula is C12H14BrNO4. The van der Waals surface area contributed by atoms with Gasteiger partial charge >= 0.3 is 5.97 Å². The van der Waals surface area contributed by atoms with Crippen LogP contribution in [0, 0.1) is 0 Å². The van der Waals surface area contributed by atoms with E-state index < -0.39 is 11.9 Å². The molecule has 0 saturated carbocycles. The van der Waals surface area contributed by atoms with Crippen LogP contribution in [0.5, 0.6) is 5.75 Å². The van der Waals surface area contributed by atoms with Crippen LogP contribution in [0.2, 0.25) is 0 Å². The number of amides is 1. The fraction of sp³-hybridized carbons (Fsp3) is 0.333.